The maximum atomic E-state index is 13.0. The summed E-state index contributed by atoms with van der Waals surface area (Å²) >= 11 is 0. The van der Waals surface area contributed by atoms with E-state index in [2.05, 4.69) is 17.1 Å². The van der Waals surface area contributed by atoms with Gasteiger partial charge in [-0.05, 0) is 43.5 Å². The average molecular weight is 280 g/mol. The summed E-state index contributed by atoms with van der Waals surface area (Å²) < 4.78 is 13.0. The van der Waals surface area contributed by atoms with Gasteiger partial charge in [-0.2, -0.15) is 0 Å². The van der Waals surface area contributed by atoms with E-state index in [1.165, 1.54) is 25.0 Å². The fraction of sp³-hybridized carbons (Fsp3) is 0.625. The summed E-state index contributed by atoms with van der Waals surface area (Å²) in [5.74, 6) is -0.191. The van der Waals surface area contributed by atoms with Crippen molar-refractivity contribution in [2.24, 2.45) is 0 Å². The molecule has 2 N–H and O–H groups in total. The number of hydrogen-bond acceptors (Lipinski definition) is 3. The van der Waals surface area contributed by atoms with Crippen LogP contribution in [0.2, 0.25) is 0 Å². The van der Waals surface area contributed by atoms with E-state index in [9.17, 15) is 4.39 Å². The first-order chi connectivity index (χ1) is 9.74. The molecular weight excluding hydrogens is 255 g/mol. The summed E-state index contributed by atoms with van der Waals surface area (Å²) in [5.41, 5.74) is 1.13. The summed E-state index contributed by atoms with van der Waals surface area (Å²) in [4.78, 5) is 2.37. The highest BCUT2D eigenvalue weighted by Gasteiger charge is 2.28. The minimum Gasteiger partial charge on any atom is -0.395 e. The normalized spacial score (nSPS) is 16.6. The van der Waals surface area contributed by atoms with E-state index >= 15 is 0 Å². The molecule has 0 saturated heterocycles. The number of benzene rings is 1. The van der Waals surface area contributed by atoms with Crippen LogP contribution in [0.4, 0.5) is 4.39 Å². The third-order valence-corrected chi connectivity index (χ3v) is 3.88. The van der Waals surface area contributed by atoms with Crippen LogP contribution in [-0.2, 0) is 0 Å². The van der Waals surface area contributed by atoms with Crippen LogP contribution in [0.25, 0.3) is 0 Å². The smallest absolute Gasteiger partial charge is 0.123 e. The molecule has 1 unspecified atom stereocenters. The fourth-order valence-electron chi connectivity index (χ4n) is 2.67. The van der Waals surface area contributed by atoms with Gasteiger partial charge < -0.3 is 10.4 Å². The highest BCUT2D eigenvalue weighted by atomic mass is 19.1. The highest BCUT2D eigenvalue weighted by molar-refractivity contribution is 5.20. The maximum Gasteiger partial charge on any atom is 0.123 e. The van der Waals surface area contributed by atoms with E-state index in [4.69, 9.17) is 5.11 Å². The summed E-state index contributed by atoms with van der Waals surface area (Å²) in [6, 6.07) is 7.67. The number of halogens is 1. The van der Waals surface area contributed by atoms with E-state index in [1.54, 1.807) is 0 Å². The number of aliphatic hydroxyl groups excluding tert-OH is 1. The van der Waals surface area contributed by atoms with Crippen molar-refractivity contribution in [1.82, 2.24) is 10.2 Å². The standard InChI is InChI=1S/C16H25FN2O/c1-2-18-16(13-3-5-14(17)6-4-13)9-10-19(11-12-20)15-7-8-15/h3-6,15-16,18,20H,2,7-12H2,1H3. The van der Waals surface area contributed by atoms with Gasteiger partial charge in [-0.3, -0.25) is 4.90 Å². The Morgan fingerprint density at radius 3 is 2.55 bits per heavy atom. The van der Waals surface area contributed by atoms with Crippen molar-refractivity contribution in [3.8, 4) is 0 Å². The number of nitrogens with zero attached hydrogens (tertiary/aromatic N) is 1. The van der Waals surface area contributed by atoms with Crippen molar-refractivity contribution in [2.75, 3.05) is 26.2 Å². The highest BCUT2D eigenvalue weighted by Crippen LogP contribution is 2.28. The molecule has 0 heterocycles. The van der Waals surface area contributed by atoms with Crippen LogP contribution in [0.5, 0.6) is 0 Å². The Labute approximate surface area is 120 Å². The Morgan fingerprint density at radius 1 is 1.30 bits per heavy atom. The SMILES string of the molecule is CCNC(CCN(CCO)C1CC1)c1ccc(F)cc1. The lowest BCUT2D eigenvalue weighted by atomic mass is 10.0. The lowest BCUT2D eigenvalue weighted by Crippen LogP contribution is -2.33. The number of hydrogen-bond donors (Lipinski definition) is 2. The predicted octanol–water partition coefficient (Wildman–Crippen LogP) is 2.32. The molecule has 0 aliphatic heterocycles. The first-order valence-corrected chi connectivity index (χ1v) is 7.58. The Bertz CT molecular complexity index is 392. The molecule has 1 saturated carbocycles. The van der Waals surface area contributed by atoms with Crippen LogP contribution in [0, 0.1) is 5.82 Å². The predicted molar refractivity (Wildman–Crippen MR) is 79.1 cm³/mol. The minimum atomic E-state index is -0.191. The zero-order valence-electron chi connectivity index (χ0n) is 12.2. The van der Waals surface area contributed by atoms with E-state index in [0.717, 1.165) is 31.6 Å². The van der Waals surface area contributed by atoms with Crippen LogP contribution in [-0.4, -0.2) is 42.3 Å². The van der Waals surface area contributed by atoms with Gasteiger partial charge in [0.05, 0.1) is 6.61 Å². The lowest BCUT2D eigenvalue weighted by Gasteiger charge is -2.25. The molecule has 1 aromatic rings. The monoisotopic (exact) mass is 280 g/mol. The first kappa shape index (κ1) is 15.4. The molecule has 0 radical (unpaired) electrons. The molecule has 0 amide bonds. The molecule has 0 aromatic heterocycles. The second-order valence-corrected chi connectivity index (χ2v) is 5.44. The molecule has 4 heteroatoms. The van der Waals surface area contributed by atoms with Gasteiger partial charge >= 0.3 is 0 Å². The van der Waals surface area contributed by atoms with Gasteiger partial charge in [0.1, 0.15) is 5.82 Å². The van der Waals surface area contributed by atoms with Crippen molar-refractivity contribution < 1.29 is 9.50 Å². The molecule has 2 rings (SSSR count). The van der Waals surface area contributed by atoms with Crippen LogP contribution < -0.4 is 5.32 Å². The van der Waals surface area contributed by atoms with Gasteiger partial charge in [-0.25, -0.2) is 4.39 Å². The number of nitrogens with one attached hydrogen (secondary N) is 1. The van der Waals surface area contributed by atoms with Crippen molar-refractivity contribution in [3.05, 3.63) is 35.6 Å². The molecule has 0 bridgehead atoms. The average Bonchev–Trinajstić information content (AvgIpc) is 3.27. The van der Waals surface area contributed by atoms with E-state index in [0.29, 0.717) is 6.04 Å². The van der Waals surface area contributed by atoms with E-state index in [-0.39, 0.29) is 18.5 Å². The Hall–Kier alpha value is -0.970. The Morgan fingerprint density at radius 2 is 2.00 bits per heavy atom. The topological polar surface area (TPSA) is 35.5 Å². The molecule has 1 fully saturated rings. The molecule has 3 nitrogen and oxygen atoms in total. The molecule has 112 valence electrons. The molecule has 1 aliphatic rings. The van der Waals surface area contributed by atoms with Crippen LogP contribution in [0.1, 0.15) is 37.8 Å². The molecule has 0 spiro atoms. The van der Waals surface area contributed by atoms with Gasteiger partial charge in [0.25, 0.3) is 0 Å². The van der Waals surface area contributed by atoms with Gasteiger partial charge in [-0.15, -0.1) is 0 Å². The molecule has 1 aliphatic carbocycles. The fourth-order valence-corrected chi connectivity index (χ4v) is 2.67. The number of aliphatic hydroxyl groups is 1. The molecule has 20 heavy (non-hydrogen) atoms. The quantitative estimate of drug-likeness (QED) is 0.729. The van der Waals surface area contributed by atoms with E-state index < -0.39 is 0 Å². The van der Waals surface area contributed by atoms with E-state index in [1.807, 2.05) is 12.1 Å². The van der Waals surface area contributed by atoms with Gasteiger partial charge in [0, 0.05) is 25.2 Å². The molecule has 1 atom stereocenters. The largest absolute Gasteiger partial charge is 0.395 e. The van der Waals surface area contributed by atoms with Crippen molar-refractivity contribution in [2.45, 2.75) is 38.3 Å². The van der Waals surface area contributed by atoms with Crippen LogP contribution in [0.3, 0.4) is 0 Å². The van der Waals surface area contributed by atoms with Crippen molar-refractivity contribution >= 4 is 0 Å². The first-order valence-electron chi connectivity index (χ1n) is 7.58. The van der Waals surface area contributed by atoms with Crippen molar-refractivity contribution in [3.63, 3.8) is 0 Å². The summed E-state index contributed by atoms with van der Waals surface area (Å²) in [5, 5.41) is 12.6. The Kier molecular flexibility index (Phi) is 5.95. The number of rotatable bonds is 9. The van der Waals surface area contributed by atoms with Crippen molar-refractivity contribution in [1.29, 1.82) is 0 Å². The zero-order valence-corrected chi connectivity index (χ0v) is 12.2. The molecule has 1 aromatic carbocycles. The summed E-state index contributed by atoms with van der Waals surface area (Å²) in [7, 11) is 0. The van der Waals surface area contributed by atoms with Crippen LogP contribution in [0.15, 0.2) is 24.3 Å². The van der Waals surface area contributed by atoms with Gasteiger partial charge in [0.15, 0.2) is 0 Å². The maximum absolute atomic E-state index is 13.0. The third kappa shape index (κ3) is 4.54. The molecular formula is C16H25FN2O. The minimum absolute atomic E-state index is 0.191. The lowest BCUT2D eigenvalue weighted by molar-refractivity contribution is 0.182. The zero-order chi connectivity index (χ0) is 14.4. The second kappa shape index (κ2) is 7.72. The third-order valence-electron chi connectivity index (χ3n) is 3.88. The second-order valence-electron chi connectivity index (χ2n) is 5.44. The Balaban J connectivity index is 1.92. The summed E-state index contributed by atoms with van der Waals surface area (Å²) in [6.07, 6.45) is 3.49. The van der Waals surface area contributed by atoms with Gasteiger partial charge in [0.2, 0.25) is 0 Å². The summed E-state index contributed by atoms with van der Waals surface area (Å²) in [6.45, 7) is 4.93. The van der Waals surface area contributed by atoms with Gasteiger partial charge in [-0.1, -0.05) is 19.1 Å². The van der Waals surface area contributed by atoms with Crippen LogP contribution >= 0.6 is 0 Å².